The van der Waals surface area contributed by atoms with Gasteiger partial charge in [0.25, 0.3) is 0 Å². The molecule has 0 aromatic heterocycles. The highest BCUT2D eigenvalue weighted by Gasteiger charge is 2.14. The lowest BCUT2D eigenvalue weighted by atomic mass is 9.98. The number of ketones is 1. The molecule has 0 amide bonds. The smallest absolute Gasteiger partial charge is 0.166 e. The lowest BCUT2D eigenvalue weighted by molar-refractivity contribution is 0.0976. The molecule has 1 aromatic rings. The number of hydrogen-bond acceptors (Lipinski definition) is 3. The number of aryl methyl sites for hydroxylation is 1. The summed E-state index contributed by atoms with van der Waals surface area (Å²) >= 11 is 0. The molecule has 1 aromatic carbocycles. The van der Waals surface area contributed by atoms with Crippen molar-refractivity contribution in [1.29, 1.82) is 0 Å². The number of phenols is 2. The number of phenolic OH excluding ortho intramolecular Hbond substituents is 2. The molecule has 0 saturated carbocycles. The number of benzene rings is 1. The highest BCUT2D eigenvalue weighted by atomic mass is 16.3. The zero-order chi connectivity index (χ0) is 16.4. The average molecular weight is 306 g/mol. The van der Waals surface area contributed by atoms with Gasteiger partial charge in [-0.05, 0) is 25.0 Å². The van der Waals surface area contributed by atoms with Crippen LogP contribution in [0.2, 0.25) is 0 Å². The van der Waals surface area contributed by atoms with E-state index in [0.717, 1.165) is 12.8 Å². The molecular formula is C19H30O3. The fourth-order valence-corrected chi connectivity index (χ4v) is 2.83. The molecule has 3 nitrogen and oxygen atoms in total. The maximum atomic E-state index is 12.2. The molecule has 0 aliphatic heterocycles. The number of unbranched alkanes of at least 4 members (excludes halogenated alkanes) is 8. The molecule has 0 heterocycles. The van der Waals surface area contributed by atoms with E-state index in [-0.39, 0.29) is 17.3 Å². The summed E-state index contributed by atoms with van der Waals surface area (Å²) in [6, 6.07) is 2.75. The first kappa shape index (κ1) is 18.5. The Morgan fingerprint density at radius 2 is 1.45 bits per heavy atom. The van der Waals surface area contributed by atoms with Crippen LogP contribution in [0.1, 0.15) is 87.1 Å². The van der Waals surface area contributed by atoms with E-state index in [1.54, 1.807) is 6.92 Å². The van der Waals surface area contributed by atoms with Crippen molar-refractivity contribution in [3.8, 4) is 11.5 Å². The average Bonchev–Trinajstić information content (AvgIpc) is 2.44. The standard InChI is InChI=1S/C19H30O3/c1-3-4-5-6-7-8-9-10-11-12-17(21)19-15(2)13-16(20)14-18(19)22/h13-14,20,22H,3-12H2,1-2H3. The number of Topliss-reactive ketones (excluding diaryl/α,β-unsaturated/α-hetero) is 1. The maximum absolute atomic E-state index is 12.2. The topological polar surface area (TPSA) is 57.5 Å². The van der Waals surface area contributed by atoms with Gasteiger partial charge < -0.3 is 10.2 Å². The van der Waals surface area contributed by atoms with E-state index in [0.29, 0.717) is 17.5 Å². The summed E-state index contributed by atoms with van der Waals surface area (Å²) in [5.74, 6) is -0.147. The molecule has 0 radical (unpaired) electrons. The second kappa shape index (κ2) is 10.3. The van der Waals surface area contributed by atoms with Crippen LogP contribution in [0.5, 0.6) is 11.5 Å². The molecule has 1 rings (SSSR count). The van der Waals surface area contributed by atoms with Gasteiger partial charge in [-0.15, -0.1) is 0 Å². The van der Waals surface area contributed by atoms with Crippen molar-refractivity contribution in [2.75, 3.05) is 0 Å². The predicted octanol–water partition coefficient (Wildman–Crippen LogP) is 5.51. The Labute approximate surface area is 134 Å². The van der Waals surface area contributed by atoms with Crippen LogP contribution in [0, 0.1) is 6.92 Å². The third-order valence-electron chi connectivity index (χ3n) is 4.09. The Morgan fingerprint density at radius 3 is 2.00 bits per heavy atom. The lowest BCUT2D eigenvalue weighted by Gasteiger charge is -2.08. The summed E-state index contributed by atoms with van der Waals surface area (Å²) in [6.07, 6.45) is 11.4. The Bertz CT molecular complexity index is 443. The van der Waals surface area contributed by atoms with Gasteiger partial charge in [0.05, 0.1) is 5.56 Å². The minimum Gasteiger partial charge on any atom is -0.508 e. The number of carbonyl (C=O) groups excluding carboxylic acids is 1. The van der Waals surface area contributed by atoms with Crippen molar-refractivity contribution in [1.82, 2.24) is 0 Å². The van der Waals surface area contributed by atoms with Crippen LogP contribution < -0.4 is 0 Å². The van der Waals surface area contributed by atoms with Crippen molar-refractivity contribution in [2.45, 2.75) is 78.1 Å². The predicted molar refractivity (Wildman–Crippen MR) is 90.7 cm³/mol. The molecule has 22 heavy (non-hydrogen) atoms. The third kappa shape index (κ3) is 6.50. The van der Waals surface area contributed by atoms with Crippen LogP contribution in [-0.2, 0) is 0 Å². The molecule has 0 saturated heterocycles. The molecule has 2 N–H and O–H groups in total. The third-order valence-corrected chi connectivity index (χ3v) is 4.09. The quantitative estimate of drug-likeness (QED) is 0.418. The van der Waals surface area contributed by atoms with Gasteiger partial charge >= 0.3 is 0 Å². The van der Waals surface area contributed by atoms with E-state index in [1.807, 2.05) is 0 Å². The van der Waals surface area contributed by atoms with Crippen molar-refractivity contribution < 1.29 is 15.0 Å². The van der Waals surface area contributed by atoms with Gasteiger partial charge in [-0.2, -0.15) is 0 Å². The monoisotopic (exact) mass is 306 g/mol. The summed E-state index contributed by atoms with van der Waals surface area (Å²) < 4.78 is 0. The van der Waals surface area contributed by atoms with E-state index in [9.17, 15) is 15.0 Å². The first-order valence-electron chi connectivity index (χ1n) is 8.62. The van der Waals surface area contributed by atoms with Crippen LogP contribution in [0.15, 0.2) is 12.1 Å². The fourth-order valence-electron chi connectivity index (χ4n) is 2.83. The van der Waals surface area contributed by atoms with E-state index < -0.39 is 0 Å². The Hall–Kier alpha value is -1.51. The number of carbonyl (C=O) groups is 1. The highest BCUT2D eigenvalue weighted by Crippen LogP contribution is 2.28. The SMILES string of the molecule is CCCCCCCCCCCC(=O)c1c(C)cc(O)cc1O. The molecule has 0 bridgehead atoms. The zero-order valence-electron chi connectivity index (χ0n) is 14.0. The van der Waals surface area contributed by atoms with Gasteiger partial charge in [-0.1, -0.05) is 58.3 Å². The molecule has 0 unspecified atom stereocenters. The zero-order valence-corrected chi connectivity index (χ0v) is 14.0. The van der Waals surface area contributed by atoms with Crippen LogP contribution in [0.4, 0.5) is 0 Å². The van der Waals surface area contributed by atoms with E-state index in [1.165, 1.54) is 57.1 Å². The Morgan fingerprint density at radius 1 is 0.909 bits per heavy atom. The van der Waals surface area contributed by atoms with Gasteiger partial charge in [0.2, 0.25) is 0 Å². The van der Waals surface area contributed by atoms with Crippen molar-refractivity contribution in [3.63, 3.8) is 0 Å². The maximum Gasteiger partial charge on any atom is 0.166 e. The normalized spacial score (nSPS) is 10.8. The minimum atomic E-state index is -0.113. The summed E-state index contributed by atoms with van der Waals surface area (Å²) in [4.78, 5) is 12.2. The minimum absolute atomic E-state index is 0.00498. The van der Waals surface area contributed by atoms with Crippen molar-refractivity contribution in [3.05, 3.63) is 23.3 Å². The van der Waals surface area contributed by atoms with Crippen LogP contribution in [0.25, 0.3) is 0 Å². The van der Waals surface area contributed by atoms with Gasteiger partial charge in [-0.25, -0.2) is 0 Å². The van der Waals surface area contributed by atoms with Gasteiger partial charge in [-0.3, -0.25) is 4.79 Å². The fraction of sp³-hybridized carbons (Fsp3) is 0.632. The van der Waals surface area contributed by atoms with Crippen molar-refractivity contribution in [2.24, 2.45) is 0 Å². The van der Waals surface area contributed by atoms with Crippen molar-refractivity contribution >= 4 is 5.78 Å². The lowest BCUT2D eigenvalue weighted by Crippen LogP contribution is -2.02. The van der Waals surface area contributed by atoms with Crippen LogP contribution in [0.3, 0.4) is 0 Å². The first-order valence-corrected chi connectivity index (χ1v) is 8.62. The van der Waals surface area contributed by atoms with E-state index in [4.69, 9.17) is 0 Å². The van der Waals surface area contributed by atoms with Gasteiger partial charge in [0, 0.05) is 12.5 Å². The Balaban J connectivity index is 2.22. The molecule has 124 valence electrons. The molecule has 0 aliphatic carbocycles. The number of hydrogen-bond donors (Lipinski definition) is 2. The molecule has 0 atom stereocenters. The molecule has 0 spiro atoms. The summed E-state index contributed by atoms with van der Waals surface area (Å²) in [7, 11) is 0. The first-order chi connectivity index (χ1) is 10.6. The van der Waals surface area contributed by atoms with Gasteiger partial charge in [0.1, 0.15) is 11.5 Å². The molecular weight excluding hydrogens is 276 g/mol. The second-order valence-corrected chi connectivity index (χ2v) is 6.16. The molecule has 0 fully saturated rings. The highest BCUT2D eigenvalue weighted by molar-refractivity contribution is 6.00. The summed E-state index contributed by atoms with van der Waals surface area (Å²) in [5.41, 5.74) is 0.996. The van der Waals surface area contributed by atoms with Crippen LogP contribution >= 0.6 is 0 Å². The van der Waals surface area contributed by atoms with E-state index in [2.05, 4.69) is 6.92 Å². The second-order valence-electron chi connectivity index (χ2n) is 6.16. The number of rotatable bonds is 11. The largest absolute Gasteiger partial charge is 0.508 e. The van der Waals surface area contributed by atoms with E-state index >= 15 is 0 Å². The van der Waals surface area contributed by atoms with Gasteiger partial charge in [0.15, 0.2) is 5.78 Å². The Kier molecular flexibility index (Phi) is 8.64. The van der Waals surface area contributed by atoms with Crippen LogP contribution in [-0.4, -0.2) is 16.0 Å². The summed E-state index contributed by atoms with van der Waals surface area (Å²) in [6.45, 7) is 3.97. The molecule has 0 aliphatic rings. The molecule has 3 heteroatoms. The summed E-state index contributed by atoms with van der Waals surface area (Å²) in [5, 5.41) is 19.2. The number of aromatic hydroxyl groups is 2.